The van der Waals surface area contributed by atoms with Crippen LogP contribution in [0.2, 0.25) is 0 Å². The van der Waals surface area contributed by atoms with Crippen LogP contribution in [0.15, 0.2) is 28.7 Å². The maximum absolute atomic E-state index is 11.0. The van der Waals surface area contributed by atoms with Gasteiger partial charge in [0.1, 0.15) is 17.3 Å². The molecule has 0 aliphatic rings. The molecule has 1 aromatic carbocycles. The van der Waals surface area contributed by atoms with Crippen molar-refractivity contribution in [3.05, 3.63) is 35.6 Å². The molecule has 2 rings (SSSR count). The molecule has 16 heavy (non-hydrogen) atoms. The van der Waals surface area contributed by atoms with E-state index in [1.165, 1.54) is 0 Å². The van der Waals surface area contributed by atoms with E-state index in [1.807, 2.05) is 31.2 Å². The summed E-state index contributed by atoms with van der Waals surface area (Å²) in [5.41, 5.74) is 1.77. The standard InChI is InChI=1S/C13H14O3/c1-3-9-10-6-4-5-7-11(10)16-12(9)8(2)13(14)15/h4-8H,3H2,1-2H3,(H,14,15). The molecule has 0 spiro atoms. The molecule has 0 amide bonds. The van der Waals surface area contributed by atoms with Crippen LogP contribution in [0.3, 0.4) is 0 Å². The Labute approximate surface area is 93.7 Å². The number of hydrogen-bond donors (Lipinski definition) is 1. The van der Waals surface area contributed by atoms with Crippen molar-refractivity contribution >= 4 is 16.9 Å². The van der Waals surface area contributed by atoms with Gasteiger partial charge in [0, 0.05) is 10.9 Å². The first-order valence-corrected chi connectivity index (χ1v) is 5.38. The van der Waals surface area contributed by atoms with Crippen LogP contribution in [0.4, 0.5) is 0 Å². The zero-order valence-electron chi connectivity index (χ0n) is 9.36. The molecule has 1 unspecified atom stereocenters. The van der Waals surface area contributed by atoms with Crippen LogP contribution in [0.5, 0.6) is 0 Å². The van der Waals surface area contributed by atoms with Crippen LogP contribution in [-0.4, -0.2) is 11.1 Å². The van der Waals surface area contributed by atoms with E-state index in [4.69, 9.17) is 9.52 Å². The van der Waals surface area contributed by atoms with Gasteiger partial charge in [-0.15, -0.1) is 0 Å². The maximum atomic E-state index is 11.0. The number of carbonyl (C=O) groups is 1. The third-order valence-corrected chi connectivity index (χ3v) is 2.85. The number of aryl methyl sites for hydroxylation is 1. The van der Waals surface area contributed by atoms with Crippen molar-refractivity contribution in [2.75, 3.05) is 0 Å². The molecule has 0 aliphatic carbocycles. The van der Waals surface area contributed by atoms with Crippen LogP contribution < -0.4 is 0 Å². The summed E-state index contributed by atoms with van der Waals surface area (Å²) in [5.74, 6) is -0.868. The molecule has 1 heterocycles. The number of carboxylic acids is 1. The van der Waals surface area contributed by atoms with E-state index in [0.717, 1.165) is 23.0 Å². The second-order valence-electron chi connectivity index (χ2n) is 3.85. The summed E-state index contributed by atoms with van der Waals surface area (Å²) in [6.07, 6.45) is 0.782. The van der Waals surface area contributed by atoms with E-state index >= 15 is 0 Å². The summed E-state index contributed by atoms with van der Waals surface area (Å²) >= 11 is 0. The Balaban J connectivity index is 2.65. The summed E-state index contributed by atoms with van der Waals surface area (Å²) in [5, 5.41) is 10.0. The second-order valence-corrected chi connectivity index (χ2v) is 3.85. The van der Waals surface area contributed by atoms with Crippen LogP contribution in [-0.2, 0) is 11.2 Å². The van der Waals surface area contributed by atoms with Crippen molar-refractivity contribution in [3.8, 4) is 0 Å². The molecule has 0 fully saturated rings. The number of benzene rings is 1. The molecule has 0 aliphatic heterocycles. The summed E-state index contributed by atoms with van der Waals surface area (Å²) in [7, 11) is 0. The first-order chi connectivity index (χ1) is 7.65. The number of hydrogen-bond acceptors (Lipinski definition) is 2. The SMILES string of the molecule is CCc1c(C(C)C(=O)O)oc2ccccc12. The molecule has 1 aromatic heterocycles. The average molecular weight is 218 g/mol. The molecular formula is C13H14O3. The predicted molar refractivity (Wildman–Crippen MR) is 61.6 cm³/mol. The highest BCUT2D eigenvalue weighted by Crippen LogP contribution is 2.31. The quantitative estimate of drug-likeness (QED) is 0.860. The number of fused-ring (bicyclic) bond motifs is 1. The van der Waals surface area contributed by atoms with Gasteiger partial charge in [-0.3, -0.25) is 4.79 Å². The van der Waals surface area contributed by atoms with Gasteiger partial charge in [-0.05, 0) is 19.4 Å². The predicted octanol–water partition coefficient (Wildman–Crippen LogP) is 3.18. The second kappa shape index (κ2) is 4.00. The lowest BCUT2D eigenvalue weighted by Crippen LogP contribution is -2.08. The third kappa shape index (κ3) is 1.58. The molecule has 2 aromatic rings. The minimum Gasteiger partial charge on any atom is -0.481 e. The van der Waals surface area contributed by atoms with Crippen molar-refractivity contribution < 1.29 is 14.3 Å². The molecule has 0 saturated carbocycles. The topological polar surface area (TPSA) is 50.4 Å². The van der Waals surface area contributed by atoms with Gasteiger partial charge in [-0.25, -0.2) is 0 Å². The number of rotatable bonds is 3. The highest BCUT2D eigenvalue weighted by molar-refractivity contribution is 5.85. The van der Waals surface area contributed by atoms with E-state index in [-0.39, 0.29) is 0 Å². The average Bonchev–Trinajstić information content (AvgIpc) is 2.65. The molecule has 0 saturated heterocycles. The highest BCUT2D eigenvalue weighted by atomic mass is 16.4. The van der Waals surface area contributed by atoms with Gasteiger partial charge in [-0.2, -0.15) is 0 Å². The van der Waals surface area contributed by atoms with Crippen molar-refractivity contribution in [1.82, 2.24) is 0 Å². The molecule has 0 bridgehead atoms. The lowest BCUT2D eigenvalue weighted by molar-refractivity contribution is -0.138. The Bertz CT molecular complexity index is 525. The van der Waals surface area contributed by atoms with Crippen LogP contribution >= 0.6 is 0 Å². The zero-order chi connectivity index (χ0) is 11.7. The van der Waals surface area contributed by atoms with E-state index < -0.39 is 11.9 Å². The third-order valence-electron chi connectivity index (χ3n) is 2.85. The molecule has 84 valence electrons. The van der Waals surface area contributed by atoms with Crippen molar-refractivity contribution in [2.45, 2.75) is 26.2 Å². The molecule has 1 atom stereocenters. The summed E-state index contributed by atoms with van der Waals surface area (Å²) in [4.78, 5) is 11.0. The van der Waals surface area contributed by atoms with Crippen molar-refractivity contribution in [2.24, 2.45) is 0 Å². The molecule has 3 heteroatoms. The Kier molecular flexibility index (Phi) is 2.69. The van der Waals surface area contributed by atoms with Crippen molar-refractivity contribution in [3.63, 3.8) is 0 Å². The normalized spacial score (nSPS) is 12.9. The lowest BCUT2D eigenvalue weighted by atomic mass is 10.0. The Morgan fingerprint density at radius 3 is 2.75 bits per heavy atom. The first-order valence-electron chi connectivity index (χ1n) is 5.38. The van der Waals surface area contributed by atoms with Crippen molar-refractivity contribution in [1.29, 1.82) is 0 Å². The van der Waals surface area contributed by atoms with Gasteiger partial charge in [0.05, 0.1) is 0 Å². The van der Waals surface area contributed by atoms with Crippen LogP contribution in [0.1, 0.15) is 31.1 Å². The summed E-state index contributed by atoms with van der Waals surface area (Å²) in [6, 6.07) is 7.66. The Morgan fingerprint density at radius 1 is 1.44 bits per heavy atom. The van der Waals surface area contributed by atoms with E-state index in [9.17, 15) is 4.79 Å². The number of carboxylic acid groups (broad SMARTS) is 1. The van der Waals surface area contributed by atoms with Gasteiger partial charge in [0.25, 0.3) is 0 Å². The zero-order valence-corrected chi connectivity index (χ0v) is 9.36. The number of aliphatic carboxylic acids is 1. The van der Waals surface area contributed by atoms with Crippen LogP contribution in [0, 0.1) is 0 Å². The number of para-hydroxylation sites is 1. The minimum atomic E-state index is -0.853. The fourth-order valence-corrected chi connectivity index (χ4v) is 1.94. The number of furan rings is 1. The maximum Gasteiger partial charge on any atom is 0.313 e. The smallest absolute Gasteiger partial charge is 0.313 e. The molecule has 1 N–H and O–H groups in total. The largest absolute Gasteiger partial charge is 0.481 e. The van der Waals surface area contributed by atoms with E-state index in [2.05, 4.69) is 0 Å². The fraction of sp³-hybridized carbons (Fsp3) is 0.308. The molecular weight excluding hydrogens is 204 g/mol. The van der Waals surface area contributed by atoms with Gasteiger partial charge < -0.3 is 9.52 Å². The summed E-state index contributed by atoms with van der Waals surface area (Å²) in [6.45, 7) is 3.66. The highest BCUT2D eigenvalue weighted by Gasteiger charge is 2.22. The lowest BCUT2D eigenvalue weighted by Gasteiger charge is -2.04. The Morgan fingerprint density at radius 2 is 2.12 bits per heavy atom. The van der Waals surface area contributed by atoms with Crippen LogP contribution in [0.25, 0.3) is 11.0 Å². The van der Waals surface area contributed by atoms with E-state index in [0.29, 0.717) is 5.76 Å². The van der Waals surface area contributed by atoms with E-state index in [1.54, 1.807) is 6.92 Å². The van der Waals surface area contributed by atoms with Gasteiger partial charge in [0.2, 0.25) is 0 Å². The summed E-state index contributed by atoms with van der Waals surface area (Å²) < 4.78 is 5.63. The minimum absolute atomic E-state index is 0.580. The first kappa shape index (κ1) is 10.7. The molecule has 0 radical (unpaired) electrons. The fourth-order valence-electron chi connectivity index (χ4n) is 1.94. The van der Waals surface area contributed by atoms with Gasteiger partial charge in [-0.1, -0.05) is 25.1 Å². The monoisotopic (exact) mass is 218 g/mol. The van der Waals surface area contributed by atoms with Gasteiger partial charge >= 0.3 is 5.97 Å². The Hall–Kier alpha value is -1.77. The van der Waals surface area contributed by atoms with Gasteiger partial charge in [0.15, 0.2) is 0 Å². The molecule has 3 nitrogen and oxygen atoms in total.